The first kappa shape index (κ1) is 10.7. The molecule has 0 aliphatic carbocycles. The van der Waals surface area contributed by atoms with Gasteiger partial charge in [-0.15, -0.1) is 0 Å². The largest absolute Gasteiger partial charge is 0.416 e. The van der Waals surface area contributed by atoms with E-state index in [0.717, 1.165) is 17.1 Å². The lowest BCUT2D eigenvalue weighted by Crippen LogP contribution is -2.20. The van der Waals surface area contributed by atoms with Gasteiger partial charge in [-0.05, 0) is 18.2 Å². The van der Waals surface area contributed by atoms with Gasteiger partial charge >= 0.3 is 6.18 Å². The molecule has 0 bridgehead atoms. The molecule has 1 aromatic carbocycles. The molecule has 1 amide bonds. The summed E-state index contributed by atoms with van der Waals surface area (Å²) in [4.78, 5) is 11.3. The Labute approximate surface area is 89.2 Å². The number of hydrazone groups is 1. The first-order valence-corrected chi connectivity index (χ1v) is 4.51. The molecule has 84 valence electrons. The molecule has 1 aliphatic heterocycles. The van der Waals surface area contributed by atoms with Crippen LogP contribution in [0.4, 0.5) is 18.9 Å². The van der Waals surface area contributed by atoms with Gasteiger partial charge in [0.15, 0.2) is 0 Å². The van der Waals surface area contributed by atoms with Gasteiger partial charge in [-0.1, -0.05) is 6.07 Å². The number of carbonyl (C=O) groups excluding carboxylic acids is 1. The highest BCUT2D eigenvalue weighted by Crippen LogP contribution is 2.32. The molecule has 2 rings (SSSR count). The fourth-order valence-electron chi connectivity index (χ4n) is 1.38. The third-order valence-corrected chi connectivity index (χ3v) is 2.12. The van der Waals surface area contributed by atoms with Crippen LogP contribution in [0.25, 0.3) is 0 Å². The molecule has 0 fully saturated rings. The molecule has 1 heterocycles. The summed E-state index contributed by atoms with van der Waals surface area (Å²) in [6.45, 7) is 0. The number of anilines is 1. The van der Waals surface area contributed by atoms with Crippen molar-refractivity contribution >= 4 is 17.8 Å². The van der Waals surface area contributed by atoms with Crippen molar-refractivity contribution in [2.75, 3.05) is 5.01 Å². The van der Waals surface area contributed by atoms with E-state index < -0.39 is 11.7 Å². The van der Waals surface area contributed by atoms with Crippen molar-refractivity contribution in [1.82, 2.24) is 0 Å². The van der Waals surface area contributed by atoms with E-state index in [1.54, 1.807) is 0 Å². The quantitative estimate of drug-likeness (QED) is 0.726. The Morgan fingerprint density at radius 3 is 2.62 bits per heavy atom. The summed E-state index contributed by atoms with van der Waals surface area (Å²) in [6.07, 6.45) is -2.93. The third-order valence-electron chi connectivity index (χ3n) is 2.12. The van der Waals surface area contributed by atoms with Gasteiger partial charge in [0, 0.05) is 6.21 Å². The monoisotopic (exact) mass is 228 g/mol. The maximum atomic E-state index is 12.4. The SMILES string of the molecule is O=C1CC=NN1c1cccc(C(F)(F)F)c1. The molecule has 0 saturated carbocycles. The summed E-state index contributed by atoms with van der Waals surface area (Å²) in [6, 6.07) is 4.52. The molecule has 16 heavy (non-hydrogen) atoms. The van der Waals surface area contributed by atoms with Crippen molar-refractivity contribution in [2.45, 2.75) is 12.6 Å². The fraction of sp³-hybridized carbons (Fsp3) is 0.200. The minimum Gasteiger partial charge on any atom is -0.272 e. The van der Waals surface area contributed by atoms with Crippen molar-refractivity contribution in [3.05, 3.63) is 29.8 Å². The smallest absolute Gasteiger partial charge is 0.272 e. The van der Waals surface area contributed by atoms with Gasteiger partial charge in [-0.2, -0.15) is 18.3 Å². The number of hydrogen-bond acceptors (Lipinski definition) is 2. The Morgan fingerprint density at radius 2 is 2.06 bits per heavy atom. The summed E-state index contributed by atoms with van der Waals surface area (Å²) < 4.78 is 37.2. The predicted octanol–water partition coefficient (Wildman–Crippen LogP) is 2.43. The Balaban J connectivity index is 2.36. The van der Waals surface area contributed by atoms with E-state index in [4.69, 9.17) is 0 Å². The summed E-state index contributed by atoms with van der Waals surface area (Å²) in [5, 5.41) is 4.67. The lowest BCUT2D eigenvalue weighted by molar-refractivity contribution is -0.137. The van der Waals surface area contributed by atoms with Crippen LogP contribution in [0.1, 0.15) is 12.0 Å². The van der Waals surface area contributed by atoms with Crippen LogP contribution < -0.4 is 5.01 Å². The molecule has 6 heteroatoms. The van der Waals surface area contributed by atoms with Crippen LogP contribution in [0.3, 0.4) is 0 Å². The van der Waals surface area contributed by atoms with E-state index in [2.05, 4.69) is 5.10 Å². The number of nitrogens with zero attached hydrogens (tertiary/aromatic N) is 2. The van der Waals surface area contributed by atoms with Crippen molar-refractivity contribution in [1.29, 1.82) is 0 Å². The fourth-order valence-corrected chi connectivity index (χ4v) is 1.38. The Bertz CT molecular complexity index is 454. The van der Waals surface area contributed by atoms with Crippen LogP contribution in [0.5, 0.6) is 0 Å². The van der Waals surface area contributed by atoms with E-state index >= 15 is 0 Å². The number of carbonyl (C=O) groups is 1. The molecule has 1 aliphatic rings. The Kier molecular flexibility index (Phi) is 2.41. The summed E-state index contributed by atoms with van der Waals surface area (Å²) in [7, 11) is 0. The maximum absolute atomic E-state index is 12.4. The highest BCUT2D eigenvalue weighted by atomic mass is 19.4. The molecule has 0 saturated heterocycles. The molecule has 0 unspecified atom stereocenters. The van der Waals surface area contributed by atoms with Crippen molar-refractivity contribution < 1.29 is 18.0 Å². The highest BCUT2D eigenvalue weighted by Gasteiger charge is 2.31. The second-order valence-electron chi connectivity index (χ2n) is 3.26. The van der Waals surface area contributed by atoms with Crippen molar-refractivity contribution in [2.24, 2.45) is 5.10 Å². The second kappa shape index (κ2) is 3.62. The van der Waals surface area contributed by atoms with E-state index in [0.29, 0.717) is 0 Å². The van der Waals surface area contributed by atoms with Crippen LogP contribution in [0, 0.1) is 0 Å². The molecule has 0 atom stereocenters. The normalized spacial score (nSPS) is 15.9. The van der Waals surface area contributed by atoms with Gasteiger partial charge in [0.1, 0.15) is 0 Å². The molecule has 0 spiro atoms. The van der Waals surface area contributed by atoms with E-state index in [1.165, 1.54) is 18.3 Å². The Morgan fingerprint density at radius 1 is 1.31 bits per heavy atom. The first-order valence-electron chi connectivity index (χ1n) is 4.51. The van der Waals surface area contributed by atoms with Gasteiger partial charge < -0.3 is 0 Å². The lowest BCUT2D eigenvalue weighted by Gasteiger charge is -2.14. The summed E-state index contributed by atoms with van der Waals surface area (Å²) >= 11 is 0. The number of halogens is 3. The first-order chi connectivity index (χ1) is 7.48. The molecule has 0 N–H and O–H groups in total. The van der Waals surface area contributed by atoms with Crippen LogP contribution in [-0.2, 0) is 11.0 Å². The number of hydrogen-bond donors (Lipinski definition) is 0. The number of benzene rings is 1. The number of rotatable bonds is 1. The minimum absolute atomic E-state index is 0.121. The average molecular weight is 228 g/mol. The molecular weight excluding hydrogens is 221 g/mol. The number of alkyl halides is 3. The molecule has 0 radical (unpaired) electrons. The highest BCUT2D eigenvalue weighted by molar-refractivity contribution is 6.05. The third kappa shape index (κ3) is 1.91. The predicted molar refractivity (Wildman–Crippen MR) is 52.0 cm³/mol. The van der Waals surface area contributed by atoms with E-state index in [1.807, 2.05) is 0 Å². The van der Waals surface area contributed by atoms with Gasteiger partial charge in [-0.25, -0.2) is 5.01 Å². The van der Waals surface area contributed by atoms with Gasteiger partial charge in [0.2, 0.25) is 0 Å². The second-order valence-corrected chi connectivity index (χ2v) is 3.26. The summed E-state index contributed by atoms with van der Waals surface area (Å²) in [5.41, 5.74) is -0.659. The zero-order chi connectivity index (χ0) is 11.8. The zero-order valence-corrected chi connectivity index (χ0v) is 8.03. The topological polar surface area (TPSA) is 32.7 Å². The van der Waals surface area contributed by atoms with Crippen LogP contribution in [-0.4, -0.2) is 12.1 Å². The van der Waals surface area contributed by atoms with Crippen molar-refractivity contribution in [3.8, 4) is 0 Å². The Hall–Kier alpha value is -1.85. The molecular formula is C10H7F3N2O. The van der Waals surface area contributed by atoms with E-state index in [9.17, 15) is 18.0 Å². The average Bonchev–Trinajstić information content (AvgIpc) is 2.63. The molecule has 1 aromatic rings. The van der Waals surface area contributed by atoms with Gasteiger partial charge in [0.05, 0.1) is 17.7 Å². The van der Waals surface area contributed by atoms with Crippen LogP contribution in [0.15, 0.2) is 29.4 Å². The summed E-state index contributed by atoms with van der Waals surface area (Å²) in [5.74, 6) is -0.334. The molecule has 3 nitrogen and oxygen atoms in total. The van der Waals surface area contributed by atoms with Crippen LogP contribution >= 0.6 is 0 Å². The minimum atomic E-state index is -4.41. The van der Waals surface area contributed by atoms with E-state index in [-0.39, 0.29) is 18.0 Å². The zero-order valence-electron chi connectivity index (χ0n) is 8.03. The van der Waals surface area contributed by atoms with Crippen LogP contribution in [0.2, 0.25) is 0 Å². The lowest BCUT2D eigenvalue weighted by atomic mass is 10.2. The van der Waals surface area contributed by atoms with Gasteiger partial charge in [-0.3, -0.25) is 4.79 Å². The number of amides is 1. The molecule has 0 aromatic heterocycles. The maximum Gasteiger partial charge on any atom is 0.416 e. The van der Waals surface area contributed by atoms with Gasteiger partial charge in [0.25, 0.3) is 5.91 Å². The van der Waals surface area contributed by atoms with Crippen molar-refractivity contribution in [3.63, 3.8) is 0 Å². The standard InChI is InChI=1S/C10H7F3N2O/c11-10(12,13)7-2-1-3-8(6-7)15-9(16)4-5-14-15/h1-3,5-6H,4H2.